The normalized spacial score (nSPS) is 14.9. The molecule has 11 heteroatoms. The van der Waals surface area contributed by atoms with Gasteiger partial charge in [0.2, 0.25) is 0 Å². The van der Waals surface area contributed by atoms with E-state index in [0.717, 1.165) is 0 Å². The van der Waals surface area contributed by atoms with Crippen LogP contribution >= 0.6 is 10.7 Å². The molecule has 2 amide bonds. The number of rotatable bonds is 1. The topological polar surface area (TPSA) is 137 Å². The standard InChI is InChI=1S/C8H6ClNO4S.C8H8N2O2/c9-15(12,13)6-3-1-2-5-8(6)14-4-7(11)10-5;9-5-2-1-3-6-8(5)12-4-7(11)10-6/h1-3H,4H2,(H,10,11);1-3H,4,9H2,(H,10,11). The lowest BCUT2D eigenvalue weighted by Crippen LogP contribution is -2.26. The minimum Gasteiger partial charge on any atom is -0.480 e. The summed E-state index contributed by atoms with van der Waals surface area (Å²) < 4.78 is 32.5. The Bertz CT molecular complexity index is 1020. The van der Waals surface area contributed by atoms with Gasteiger partial charge in [-0.1, -0.05) is 12.1 Å². The third kappa shape index (κ3) is 4.23. The van der Waals surface area contributed by atoms with E-state index in [1.54, 1.807) is 18.2 Å². The molecule has 2 aliphatic rings. The van der Waals surface area contributed by atoms with Crippen LogP contribution in [0.1, 0.15) is 0 Å². The Balaban J connectivity index is 0.000000159. The molecular formula is C16H14ClN3O6S. The fourth-order valence-corrected chi connectivity index (χ4v) is 3.41. The third-order valence-corrected chi connectivity index (χ3v) is 4.88. The highest BCUT2D eigenvalue weighted by atomic mass is 35.7. The average molecular weight is 412 g/mol. The van der Waals surface area contributed by atoms with E-state index in [9.17, 15) is 18.0 Å². The maximum atomic E-state index is 11.2. The van der Waals surface area contributed by atoms with Gasteiger partial charge in [-0.05, 0) is 24.3 Å². The van der Waals surface area contributed by atoms with Crippen molar-refractivity contribution >= 4 is 48.6 Å². The van der Waals surface area contributed by atoms with Gasteiger partial charge in [-0.3, -0.25) is 9.59 Å². The molecule has 0 saturated heterocycles. The van der Waals surface area contributed by atoms with E-state index in [2.05, 4.69) is 10.6 Å². The lowest BCUT2D eigenvalue weighted by Gasteiger charge is -2.19. The SMILES string of the molecule is Nc1cccc2c1OCC(=O)N2.O=C1COc2c(cccc2S(=O)(=O)Cl)N1. The number of ether oxygens (including phenoxy) is 2. The van der Waals surface area contributed by atoms with Crippen LogP contribution in [0.25, 0.3) is 0 Å². The predicted molar refractivity (Wildman–Crippen MR) is 98.6 cm³/mol. The number of nitrogens with two attached hydrogens (primary N) is 1. The summed E-state index contributed by atoms with van der Waals surface area (Å²) in [6.45, 7) is -0.169. The summed E-state index contributed by atoms with van der Waals surface area (Å²) in [7, 11) is 1.35. The van der Waals surface area contributed by atoms with Crippen molar-refractivity contribution in [1.82, 2.24) is 0 Å². The third-order valence-electron chi connectivity index (χ3n) is 3.53. The Labute approximate surface area is 158 Å². The predicted octanol–water partition coefficient (Wildman–Crippen LogP) is 1.54. The molecule has 0 radical (unpaired) electrons. The summed E-state index contributed by atoms with van der Waals surface area (Å²) in [6, 6.07) is 9.59. The van der Waals surface area contributed by atoms with Crippen molar-refractivity contribution < 1.29 is 27.5 Å². The molecule has 0 fully saturated rings. The zero-order chi connectivity index (χ0) is 19.6. The Hall–Kier alpha value is -2.98. The molecular weight excluding hydrogens is 398 g/mol. The number of benzene rings is 2. The molecule has 2 aliphatic heterocycles. The van der Waals surface area contributed by atoms with Gasteiger partial charge >= 0.3 is 0 Å². The number of hydrogen-bond acceptors (Lipinski definition) is 7. The molecule has 27 heavy (non-hydrogen) atoms. The van der Waals surface area contributed by atoms with Crippen LogP contribution in [0.5, 0.6) is 11.5 Å². The van der Waals surface area contributed by atoms with E-state index in [0.29, 0.717) is 22.8 Å². The maximum absolute atomic E-state index is 11.2. The summed E-state index contributed by atoms with van der Waals surface area (Å²) in [4.78, 5) is 21.7. The van der Waals surface area contributed by atoms with Crippen molar-refractivity contribution in [2.24, 2.45) is 0 Å². The highest BCUT2D eigenvalue weighted by Gasteiger charge is 2.24. The number of anilines is 3. The molecule has 2 aromatic carbocycles. The number of hydrogen-bond donors (Lipinski definition) is 3. The molecule has 4 rings (SSSR count). The van der Waals surface area contributed by atoms with Gasteiger partial charge in [0, 0.05) is 10.7 Å². The minimum atomic E-state index is -3.87. The van der Waals surface area contributed by atoms with Gasteiger partial charge in [-0.25, -0.2) is 8.42 Å². The Morgan fingerprint density at radius 1 is 0.889 bits per heavy atom. The second-order valence-corrected chi connectivity index (χ2v) is 8.00. The van der Waals surface area contributed by atoms with Crippen LogP contribution in [0, 0.1) is 0 Å². The van der Waals surface area contributed by atoms with Gasteiger partial charge in [0.05, 0.1) is 17.1 Å². The molecule has 0 spiro atoms. The summed E-state index contributed by atoms with van der Waals surface area (Å²) in [6.07, 6.45) is 0. The Morgan fingerprint density at radius 3 is 2.00 bits per heavy atom. The molecule has 0 aliphatic carbocycles. The zero-order valence-electron chi connectivity index (χ0n) is 13.7. The lowest BCUT2D eigenvalue weighted by molar-refractivity contribution is -0.119. The molecule has 0 aromatic heterocycles. The number of nitrogen functional groups attached to an aromatic ring is 1. The number of nitrogens with one attached hydrogen (secondary N) is 2. The molecule has 9 nitrogen and oxygen atoms in total. The van der Waals surface area contributed by atoms with E-state index < -0.39 is 9.05 Å². The van der Waals surface area contributed by atoms with Crippen molar-refractivity contribution in [1.29, 1.82) is 0 Å². The van der Waals surface area contributed by atoms with Crippen LogP contribution in [-0.4, -0.2) is 33.4 Å². The van der Waals surface area contributed by atoms with Crippen molar-refractivity contribution in [3.05, 3.63) is 36.4 Å². The molecule has 0 unspecified atom stereocenters. The Morgan fingerprint density at radius 2 is 1.41 bits per heavy atom. The van der Waals surface area contributed by atoms with Gasteiger partial charge < -0.3 is 25.8 Å². The van der Waals surface area contributed by atoms with E-state index in [-0.39, 0.29) is 35.7 Å². The average Bonchev–Trinajstić information content (AvgIpc) is 2.60. The number of carbonyl (C=O) groups is 2. The number of amides is 2. The fraction of sp³-hybridized carbons (Fsp3) is 0.125. The maximum Gasteiger partial charge on any atom is 0.265 e. The summed E-state index contributed by atoms with van der Waals surface area (Å²) in [5.41, 5.74) is 7.12. The number of para-hydroxylation sites is 2. The molecule has 2 heterocycles. The summed E-state index contributed by atoms with van der Waals surface area (Å²) in [5, 5.41) is 5.14. The summed E-state index contributed by atoms with van der Waals surface area (Å²) in [5.74, 6) is 0.184. The first-order chi connectivity index (χ1) is 12.8. The first-order valence-electron chi connectivity index (χ1n) is 7.57. The lowest BCUT2D eigenvalue weighted by atomic mass is 10.2. The first-order valence-corrected chi connectivity index (χ1v) is 9.88. The first kappa shape index (κ1) is 18.8. The van der Waals surface area contributed by atoms with Gasteiger partial charge in [0.1, 0.15) is 4.90 Å². The van der Waals surface area contributed by atoms with Crippen molar-refractivity contribution in [3.8, 4) is 11.5 Å². The van der Waals surface area contributed by atoms with E-state index in [1.807, 2.05) is 0 Å². The van der Waals surface area contributed by atoms with Crippen molar-refractivity contribution in [2.45, 2.75) is 4.90 Å². The van der Waals surface area contributed by atoms with Gasteiger partial charge in [-0.2, -0.15) is 0 Å². The van der Waals surface area contributed by atoms with Crippen molar-refractivity contribution in [2.75, 3.05) is 29.6 Å². The van der Waals surface area contributed by atoms with Crippen LogP contribution in [0.4, 0.5) is 17.1 Å². The van der Waals surface area contributed by atoms with E-state index in [4.69, 9.17) is 25.9 Å². The number of fused-ring (bicyclic) bond motifs is 2. The highest BCUT2D eigenvalue weighted by Crippen LogP contribution is 2.36. The molecule has 142 valence electrons. The second-order valence-electron chi connectivity index (χ2n) is 5.47. The molecule has 2 aromatic rings. The van der Waals surface area contributed by atoms with E-state index >= 15 is 0 Å². The van der Waals surface area contributed by atoms with Gasteiger partial charge in [-0.15, -0.1) is 0 Å². The summed E-state index contributed by atoms with van der Waals surface area (Å²) >= 11 is 0. The van der Waals surface area contributed by atoms with Gasteiger partial charge in [0.25, 0.3) is 20.9 Å². The quantitative estimate of drug-likeness (QED) is 0.478. The highest BCUT2D eigenvalue weighted by molar-refractivity contribution is 8.13. The zero-order valence-corrected chi connectivity index (χ0v) is 15.3. The smallest absolute Gasteiger partial charge is 0.265 e. The van der Waals surface area contributed by atoms with Crippen LogP contribution in [-0.2, 0) is 18.6 Å². The Kier molecular flexibility index (Phi) is 5.10. The number of halogens is 1. The fourth-order valence-electron chi connectivity index (χ4n) is 2.42. The molecule has 0 bridgehead atoms. The largest absolute Gasteiger partial charge is 0.480 e. The van der Waals surface area contributed by atoms with E-state index in [1.165, 1.54) is 18.2 Å². The van der Waals surface area contributed by atoms with Crippen LogP contribution in [0.2, 0.25) is 0 Å². The van der Waals surface area contributed by atoms with Gasteiger partial charge in [0.15, 0.2) is 24.7 Å². The number of carbonyl (C=O) groups excluding carboxylic acids is 2. The molecule has 4 N–H and O–H groups in total. The van der Waals surface area contributed by atoms with Crippen molar-refractivity contribution in [3.63, 3.8) is 0 Å². The van der Waals surface area contributed by atoms with Crippen LogP contribution < -0.4 is 25.8 Å². The minimum absolute atomic E-state index is 0.0429. The van der Waals surface area contributed by atoms with Crippen LogP contribution in [0.3, 0.4) is 0 Å². The molecule has 0 atom stereocenters. The molecule has 0 saturated carbocycles. The second kappa shape index (κ2) is 7.33. The monoisotopic (exact) mass is 411 g/mol. The van der Waals surface area contributed by atoms with Crippen LogP contribution in [0.15, 0.2) is 41.3 Å².